The minimum absolute atomic E-state index is 0.127. The molecule has 4 aromatic heterocycles. The van der Waals surface area contributed by atoms with Crippen molar-refractivity contribution in [2.45, 2.75) is 13.5 Å². The number of aromatic nitrogens is 7. The summed E-state index contributed by atoms with van der Waals surface area (Å²) in [5.74, 6) is 0.689. The summed E-state index contributed by atoms with van der Waals surface area (Å²) >= 11 is 0. The van der Waals surface area contributed by atoms with Gasteiger partial charge in [-0.25, -0.2) is 9.67 Å². The van der Waals surface area contributed by atoms with Gasteiger partial charge >= 0.3 is 0 Å². The zero-order valence-electron chi connectivity index (χ0n) is 12.2. The molecule has 0 aliphatic rings. The molecule has 9 nitrogen and oxygen atoms in total. The minimum Gasteiger partial charge on any atom is -0.463 e. The topological polar surface area (TPSA) is 121 Å². The third-order valence-corrected chi connectivity index (χ3v) is 3.28. The van der Waals surface area contributed by atoms with Crippen molar-refractivity contribution in [2.75, 3.05) is 5.73 Å². The monoisotopic (exact) mass is 308 g/mol. The van der Waals surface area contributed by atoms with Gasteiger partial charge in [-0.05, 0) is 19.1 Å². The van der Waals surface area contributed by atoms with Crippen LogP contribution in [-0.2, 0) is 6.54 Å². The van der Waals surface area contributed by atoms with Crippen LogP contribution in [0.15, 0.2) is 35.2 Å². The van der Waals surface area contributed by atoms with Gasteiger partial charge in [0, 0.05) is 6.20 Å². The van der Waals surface area contributed by atoms with E-state index in [9.17, 15) is 0 Å². The van der Waals surface area contributed by atoms with Crippen molar-refractivity contribution >= 4 is 17.1 Å². The fourth-order valence-electron chi connectivity index (χ4n) is 2.22. The quantitative estimate of drug-likeness (QED) is 0.599. The van der Waals surface area contributed by atoms with Crippen LogP contribution in [0.1, 0.15) is 11.4 Å². The highest BCUT2D eigenvalue weighted by atomic mass is 16.3. The number of furan rings is 1. The normalized spacial score (nSPS) is 11.2. The molecule has 0 unspecified atom stereocenters. The molecule has 4 aromatic rings. The highest BCUT2D eigenvalue weighted by Crippen LogP contribution is 2.25. The lowest BCUT2D eigenvalue weighted by atomic mass is 10.3. The molecule has 9 heteroatoms. The third kappa shape index (κ3) is 2.37. The number of nitrogen functional groups attached to an aromatic ring is 1. The number of anilines is 1. The van der Waals surface area contributed by atoms with Gasteiger partial charge in [-0.1, -0.05) is 5.21 Å². The van der Waals surface area contributed by atoms with Crippen molar-refractivity contribution in [3.05, 3.63) is 42.2 Å². The van der Waals surface area contributed by atoms with Crippen LogP contribution in [0.3, 0.4) is 0 Å². The maximum atomic E-state index is 5.81. The first kappa shape index (κ1) is 13.3. The highest BCUT2D eigenvalue weighted by Gasteiger charge is 2.17. The van der Waals surface area contributed by atoms with Gasteiger partial charge in [0.25, 0.3) is 0 Å². The standard InChI is InChI=1S/C14H12N8O/c1-8-5-17-9(6-16-8)7-22-13-12(20-21-22)11(18-14(15)19-13)10-3-2-4-23-10/h2-6H,7H2,1H3,(H2,15,18,19). The predicted molar refractivity (Wildman–Crippen MR) is 81.1 cm³/mol. The number of hydrogen-bond donors (Lipinski definition) is 1. The molecule has 114 valence electrons. The largest absolute Gasteiger partial charge is 0.463 e. The zero-order chi connectivity index (χ0) is 15.8. The fourth-order valence-corrected chi connectivity index (χ4v) is 2.22. The van der Waals surface area contributed by atoms with Crippen LogP contribution in [0.2, 0.25) is 0 Å². The van der Waals surface area contributed by atoms with E-state index in [1.807, 2.05) is 6.92 Å². The molecule has 0 aliphatic carbocycles. The van der Waals surface area contributed by atoms with E-state index in [1.54, 1.807) is 35.5 Å². The van der Waals surface area contributed by atoms with E-state index in [0.29, 0.717) is 29.2 Å². The Labute approximate surface area is 130 Å². The Balaban J connectivity index is 1.81. The molecule has 0 bridgehead atoms. The maximum absolute atomic E-state index is 5.81. The van der Waals surface area contributed by atoms with Gasteiger partial charge in [-0.2, -0.15) is 4.98 Å². The third-order valence-electron chi connectivity index (χ3n) is 3.28. The van der Waals surface area contributed by atoms with Crippen molar-refractivity contribution < 1.29 is 4.42 Å². The molecule has 4 heterocycles. The summed E-state index contributed by atoms with van der Waals surface area (Å²) in [6.07, 6.45) is 4.96. The Morgan fingerprint density at radius 1 is 1.22 bits per heavy atom. The summed E-state index contributed by atoms with van der Waals surface area (Å²) in [5, 5.41) is 8.28. The van der Waals surface area contributed by atoms with Crippen LogP contribution in [0.25, 0.3) is 22.6 Å². The first-order chi connectivity index (χ1) is 11.2. The molecule has 0 saturated heterocycles. The average Bonchev–Trinajstić information content (AvgIpc) is 3.19. The van der Waals surface area contributed by atoms with Crippen LogP contribution in [-0.4, -0.2) is 34.9 Å². The molecule has 0 spiro atoms. The molecular formula is C14H12N8O. The molecule has 0 saturated carbocycles. The number of hydrogen-bond acceptors (Lipinski definition) is 8. The van der Waals surface area contributed by atoms with Gasteiger partial charge in [0.15, 0.2) is 16.9 Å². The van der Waals surface area contributed by atoms with Crippen molar-refractivity contribution in [3.8, 4) is 11.5 Å². The van der Waals surface area contributed by atoms with Gasteiger partial charge in [-0.3, -0.25) is 9.97 Å². The molecular weight excluding hydrogens is 296 g/mol. The Bertz CT molecular complexity index is 959. The second-order valence-corrected chi connectivity index (χ2v) is 4.98. The lowest BCUT2D eigenvalue weighted by Gasteiger charge is -2.03. The molecule has 2 N–H and O–H groups in total. The lowest BCUT2D eigenvalue weighted by Crippen LogP contribution is -2.07. The number of aryl methyl sites for hydroxylation is 1. The number of fused-ring (bicyclic) bond motifs is 1. The molecule has 0 amide bonds. The van der Waals surface area contributed by atoms with Gasteiger partial charge in [0.05, 0.1) is 30.4 Å². The number of rotatable bonds is 3. The molecule has 23 heavy (non-hydrogen) atoms. The molecule has 0 fully saturated rings. The van der Waals surface area contributed by atoms with E-state index >= 15 is 0 Å². The molecule has 0 aromatic carbocycles. The Hall–Kier alpha value is -3.36. The highest BCUT2D eigenvalue weighted by molar-refractivity contribution is 5.85. The van der Waals surface area contributed by atoms with Crippen LogP contribution in [0.4, 0.5) is 5.95 Å². The lowest BCUT2D eigenvalue weighted by molar-refractivity contribution is 0.580. The Morgan fingerprint density at radius 3 is 2.87 bits per heavy atom. The summed E-state index contributed by atoms with van der Waals surface area (Å²) in [6, 6.07) is 3.55. The molecule has 4 rings (SSSR count). The predicted octanol–water partition coefficient (Wildman–Crippen LogP) is 1.21. The SMILES string of the molecule is Cc1cnc(Cn2nnc3c(-c4ccco4)nc(N)nc32)cn1. The van der Waals surface area contributed by atoms with Crippen molar-refractivity contribution in [3.63, 3.8) is 0 Å². The average molecular weight is 308 g/mol. The van der Waals surface area contributed by atoms with Gasteiger partial charge < -0.3 is 10.2 Å². The van der Waals surface area contributed by atoms with Crippen molar-refractivity contribution in [2.24, 2.45) is 0 Å². The van der Waals surface area contributed by atoms with Crippen molar-refractivity contribution in [1.82, 2.24) is 34.9 Å². The summed E-state index contributed by atoms with van der Waals surface area (Å²) in [6.45, 7) is 2.27. The molecule has 0 aliphatic heterocycles. The van der Waals surface area contributed by atoms with Gasteiger partial charge in [-0.15, -0.1) is 5.10 Å². The summed E-state index contributed by atoms with van der Waals surface area (Å²) < 4.78 is 6.99. The Kier molecular flexibility index (Phi) is 2.97. The van der Waals surface area contributed by atoms with Gasteiger partial charge in [0.1, 0.15) is 5.69 Å². The van der Waals surface area contributed by atoms with Crippen LogP contribution >= 0.6 is 0 Å². The first-order valence-corrected chi connectivity index (χ1v) is 6.89. The molecule has 0 atom stereocenters. The summed E-state index contributed by atoms with van der Waals surface area (Å²) in [7, 11) is 0. The van der Waals surface area contributed by atoms with Gasteiger partial charge in [0.2, 0.25) is 5.95 Å². The van der Waals surface area contributed by atoms with E-state index in [1.165, 1.54) is 0 Å². The van der Waals surface area contributed by atoms with E-state index in [-0.39, 0.29) is 5.95 Å². The van der Waals surface area contributed by atoms with Crippen LogP contribution in [0, 0.1) is 6.92 Å². The summed E-state index contributed by atoms with van der Waals surface area (Å²) in [5.41, 5.74) is 8.97. The second-order valence-electron chi connectivity index (χ2n) is 4.98. The van der Waals surface area contributed by atoms with Crippen molar-refractivity contribution in [1.29, 1.82) is 0 Å². The number of nitrogens with two attached hydrogens (primary N) is 1. The second kappa shape index (κ2) is 5.13. The zero-order valence-corrected chi connectivity index (χ0v) is 12.2. The summed E-state index contributed by atoms with van der Waals surface area (Å²) in [4.78, 5) is 17.0. The minimum atomic E-state index is 0.127. The molecule has 0 radical (unpaired) electrons. The Morgan fingerprint density at radius 2 is 2.13 bits per heavy atom. The van der Waals surface area contributed by atoms with E-state index in [0.717, 1.165) is 11.4 Å². The van der Waals surface area contributed by atoms with E-state index in [4.69, 9.17) is 10.2 Å². The van der Waals surface area contributed by atoms with Crippen LogP contribution < -0.4 is 5.73 Å². The van der Waals surface area contributed by atoms with Crippen LogP contribution in [0.5, 0.6) is 0 Å². The fraction of sp³-hybridized carbons (Fsp3) is 0.143. The van der Waals surface area contributed by atoms with E-state index in [2.05, 4.69) is 30.2 Å². The number of nitrogens with zero attached hydrogens (tertiary/aromatic N) is 7. The first-order valence-electron chi connectivity index (χ1n) is 6.89. The van der Waals surface area contributed by atoms with E-state index < -0.39 is 0 Å². The maximum Gasteiger partial charge on any atom is 0.222 e. The smallest absolute Gasteiger partial charge is 0.222 e.